The second-order valence-electron chi connectivity index (χ2n) is 5.84. The Balaban J connectivity index is 2.71. The highest BCUT2D eigenvalue weighted by Crippen LogP contribution is 2.25. The zero-order valence-electron chi connectivity index (χ0n) is 12.7. The molecule has 0 spiro atoms. The minimum atomic E-state index is -0.459. The molecule has 3 N–H and O–H groups in total. The van der Waals surface area contributed by atoms with Gasteiger partial charge < -0.3 is 15.8 Å². The van der Waals surface area contributed by atoms with Crippen LogP contribution < -0.4 is 11.1 Å². The number of ether oxygens (including phenoxy) is 1. The van der Waals surface area contributed by atoms with E-state index in [1.165, 1.54) is 0 Å². The number of hydrogen-bond donors (Lipinski definition) is 2. The van der Waals surface area contributed by atoms with Crippen molar-refractivity contribution in [2.45, 2.75) is 45.1 Å². The second kappa shape index (κ2) is 8.02. The lowest BCUT2D eigenvalue weighted by molar-refractivity contribution is -0.157. The van der Waals surface area contributed by atoms with Gasteiger partial charge in [-0.25, -0.2) is 0 Å². The molecular weight excluding hydrogens is 252 g/mol. The lowest BCUT2D eigenvalue weighted by Crippen LogP contribution is -2.29. The maximum atomic E-state index is 12.4. The smallest absolute Gasteiger partial charge is 0.313 e. The maximum Gasteiger partial charge on any atom is 0.313 e. The van der Waals surface area contributed by atoms with Gasteiger partial charge in [-0.15, -0.1) is 0 Å². The molecule has 0 aliphatic carbocycles. The van der Waals surface area contributed by atoms with Crippen molar-refractivity contribution in [2.24, 2.45) is 5.73 Å². The second-order valence-corrected chi connectivity index (χ2v) is 5.84. The average Bonchev–Trinajstić information content (AvgIpc) is 2.37. The van der Waals surface area contributed by atoms with E-state index in [0.717, 1.165) is 24.9 Å². The van der Waals surface area contributed by atoms with Gasteiger partial charge in [-0.1, -0.05) is 30.3 Å². The highest BCUT2D eigenvalue weighted by atomic mass is 16.6. The summed E-state index contributed by atoms with van der Waals surface area (Å²) in [4.78, 5) is 12.4. The Morgan fingerprint density at radius 3 is 2.50 bits per heavy atom. The lowest BCUT2D eigenvalue weighted by atomic mass is 9.94. The molecule has 1 unspecified atom stereocenters. The fraction of sp³-hybridized carbons (Fsp3) is 0.562. The SMILES string of the molecule is CC(C)(C)OC(=O)C(CCCNCN)c1ccccc1. The Morgan fingerprint density at radius 1 is 1.30 bits per heavy atom. The van der Waals surface area contributed by atoms with E-state index < -0.39 is 5.60 Å². The van der Waals surface area contributed by atoms with Crippen LogP contribution in [0.2, 0.25) is 0 Å². The van der Waals surface area contributed by atoms with E-state index in [1.807, 2.05) is 51.1 Å². The van der Waals surface area contributed by atoms with E-state index in [4.69, 9.17) is 10.5 Å². The first-order valence-corrected chi connectivity index (χ1v) is 7.12. The van der Waals surface area contributed by atoms with Crippen molar-refractivity contribution >= 4 is 5.97 Å². The molecule has 0 fully saturated rings. The maximum absolute atomic E-state index is 12.4. The highest BCUT2D eigenvalue weighted by Gasteiger charge is 2.26. The summed E-state index contributed by atoms with van der Waals surface area (Å²) < 4.78 is 5.53. The van der Waals surface area contributed by atoms with E-state index in [9.17, 15) is 4.79 Å². The Morgan fingerprint density at radius 2 is 1.95 bits per heavy atom. The van der Waals surface area contributed by atoms with Gasteiger partial charge in [0, 0.05) is 6.67 Å². The van der Waals surface area contributed by atoms with Crippen LogP contribution in [-0.2, 0) is 9.53 Å². The molecule has 1 aromatic rings. The third kappa shape index (κ3) is 6.17. The van der Waals surface area contributed by atoms with Gasteiger partial charge in [-0.05, 0) is 45.7 Å². The van der Waals surface area contributed by atoms with Gasteiger partial charge in [0.15, 0.2) is 0 Å². The number of nitrogens with one attached hydrogen (secondary N) is 1. The molecule has 0 radical (unpaired) electrons. The van der Waals surface area contributed by atoms with Crippen molar-refractivity contribution in [2.75, 3.05) is 13.2 Å². The van der Waals surface area contributed by atoms with Gasteiger partial charge in [0.25, 0.3) is 0 Å². The van der Waals surface area contributed by atoms with E-state index >= 15 is 0 Å². The summed E-state index contributed by atoms with van der Waals surface area (Å²) in [5.74, 6) is -0.369. The van der Waals surface area contributed by atoms with Crippen LogP contribution in [0, 0.1) is 0 Å². The molecule has 0 saturated heterocycles. The molecule has 0 aliphatic rings. The number of carbonyl (C=O) groups excluding carboxylic acids is 1. The summed E-state index contributed by atoms with van der Waals surface area (Å²) in [6, 6.07) is 9.80. The zero-order chi connectivity index (χ0) is 15.0. The normalized spacial score (nSPS) is 13.0. The number of nitrogens with two attached hydrogens (primary N) is 1. The van der Waals surface area contributed by atoms with Crippen LogP contribution in [0.1, 0.15) is 45.1 Å². The summed E-state index contributed by atoms with van der Waals surface area (Å²) in [6.07, 6.45) is 1.64. The molecule has 0 aromatic heterocycles. The molecular formula is C16H26N2O2. The Bertz CT molecular complexity index is 399. The van der Waals surface area contributed by atoms with Crippen molar-refractivity contribution < 1.29 is 9.53 Å². The van der Waals surface area contributed by atoms with Gasteiger partial charge in [0.05, 0.1) is 5.92 Å². The van der Waals surface area contributed by atoms with E-state index in [1.54, 1.807) is 0 Å². The van der Waals surface area contributed by atoms with Crippen LogP contribution in [-0.4, -0.2) is 24.8 Å². The van der Waals surface area contributed by atoms with Crippen LogP contribution in [0.15, 0.2) is 30.3 Å². The number of hydrogen-bond acceptors (Lipinski definition) is 4. The summed E-state index contributed by atoms with van der Waals surface area (Å²) in [7, 11) is 0. The largest absolute Gasteiger partial charge is 0.459 e. The molecule has 0 aliphatic heterocycles. The summed E-state index contributed by atoms with van der Waals surface area (Å²) in [6.45, 7) is 6.94. The molecule has 0 bridgehead atoms. The van der Waals surface area contributed by atoms with Gasteiger partial charge in [-0.3, -0.25) is 4.79 Å². The first-order valence-electron chi connectivity index (χ1n) is 7.12. The van der Waals surface area contributed by atoms with Crippen LogP contribution >= 0.6 is 0 Å². The van der Waals surface area contributed by atoms with Crippen LogP contribution in [0.25, 0.3) is 0 Å². The van der Waals surface area contributed by atoms with E-state index in [0.29, 0.717) is 6.67 Å². The zero-order valence-corrected chi connectivity index (χ0v) is 12.7. The quantitative estimate of drug-likeness (QED) is 0.457. The molecule has 4 nitrogen and oxygen atoms in total. The number of esters is 1. The predicted octanol–water partition coefficient (Wildman–Crippen LogP) is 2.40. The Kier molecular flexibility index (Phi) is 6.68. The molecule has 0 heterocycles. The molecule has 1 aromatic carbocycles. The van der Waals surface area contributed by atoms with Crippen molar-refractivity contribution in [3.05, 3.63) is 35.9 Å². The molecule has 20 heavy (non-hydrogen) atoms. The minimum absolute atomic E-state index is 0.156. The lowest BCUT2D eigenvalue weighted by Gasteiger charge is -2.24. The fourth-order valence-electron chi connectivity index (χ4n) is 2.01. The van der Waals surface area contributed by atoms with E-state index in [-0.39, 0.29) is 11.9 Å². The number of carbonyl (C=O) groups is 1. The first-order chi connectivity index (χ1) is 9.44. The summed E-state index contributed by atoms with van der Waals surface area (Å²) >= 11 is 0. The predicted molar refractivity (Wildman–Crippen MR) is 81.3 cm³/mol. The molecule has 0 saturated carbocycles. The summed E-state index contributed by atoms with van der Waals surface area (Å²) in [5, 5.41) is 3.07. The van der Waals surface area contributed by atoms with Gasteiger partial charge >= 0.3 is 5.97 Å². The van der Waals surface area contributed by atoms with Crippen LogP contribution in [0.3, 0.4) is 0 Å². The Labute approximate surface area is 121 Å². The monoisotopic (exact) mass is 278 g/mol. The molecule has 0 amide bonds. The highest BCUT2D eigenvalue weighted by molar-refractivity contribution is 5.78. The third-order valence-electron chi connectivity index (χ3n) is 2.88. The molecule has 4 heteroatoms. The molecule has 1 rings (SSSR count). The van der Waals surface area contributed by atoms with Crippen LogP contribution in [0.5, 0.6) is 0 Å². The standard InChI is InChI=1S/C16H26N2O2/c1-16(2,3)20-15(19)14(10-7-11-18-12-17)13-8-5-4-6-9-13/h4-6,8-9,14,18H,7,10-12,17H2,1-3H3. The van der Waals surface area contributed by atoms with Gasteiger partial charge in [-0.2, -0.15) is 0 Å². The van der Waals surface area contributed by atoms with Crippen molar-refractivity contribution in [1.29, 1.82) is 0 Å². The van der Waals surface area contributed by atoms with Gasteiger partial charge in [0.2, 0.25) is 0 Å². The first kappa shape index (κ1) is 16.7. The minimum Gasteiger partial charge on any atom is -0.459 e. The van der Waals surface area contributed by atoms with Crippen LogP contribution in [0.4, 0.5) is 0 Å². The fourth-order valence-corrected chi connectivity index (χ4v) is 2.01. The third-order valence-corrected chi connectivity index (χ3v) is 2.88. The summed E-state index contributed by atoms with van der Waals surface area (Å²) in [5.41, 5.74) is 5.95. The number of benzene rings is 1. The average molecular weight is 278 g/mol. The van der Waals surface area contributed by atoms with E-state index in [2.05, 4.69) is 5.32 Å². The number of rotatable bonds is 7. The van der Waals surface area contributed by atoms with Gasteiger partial charge in [0.1, 0.15) is 5.60 Å². The van der Waals surface area contributed by atoms with Crippen molar-refractivity contribution in [3.63, 3.8) is 0 Å². The van der Waals surface area contributed by atoms with Crippen molar-refractivity contribution in [3.8, 4) is 0 Å². The van der Waals surface area contributed by atoms with Crippen molar-refractivity contribution in [1.82, 2.24) is 5.32 Å². The molecule has 1 atom stereocenters. The Hall–Kier alpha value is -1.39. The molecule has 112 valence electrons. The topological polar surface area (TPSA) is 64.3 Å².